The van der Waals surface area contributed by atoms with E-state index in [9.17, 15) is 9.59 Å². The van der Waals surface area contributed by atoms with E-state index in [2.05, 4.69) is 0 Å². The van der Waals surface area contributed by atoms with Crippen molar-refractivity contribution >= 4 is 23.4 Å². The van der Waals surface area contributed by atoms with E-state index >= 15 is 0 Å². The lowest BCUT2D eigenvalue weighted by Crippen LogP contribution is -2.53. The number of aliphatic hydroxyl groups is 1. The van der Waals surface area contributed by atoms with Gasteiger partial charge in [-0.3, -0.25) is 9.59 Å². The Morgan fingerprint density at radius 1 is 1.14 bits per heavy atom. The predicted octanol–water partition coefficient (Wildman–Crippen LogP) is 1.03. The lowest BCUT2D eigenvalue weighted by molar-refractivity contribution is -0.142. The molecule has 5 nitrogen and oxygen atoms in total. The number of carbonyl (C=O) groups excluding carboxylic acids is 2. The minimum absolute atomic E-state index is 0.130. The summed E-state index contributed by atoms with van der Waals surface area (Å²) < 4.78 is 0. The quantitative estimate of drug-likeness (QED) is 0.904. The maximum atomic E-state index is 12.9. The van der Waals surface area contributed by atoms with Crippen molar-refractivity contribution in [3.05, 3.63) is 34.9 Å². The van der Waals surface area contributed by atoms with Gasteiger partial charge in [0.05, 0.1) is 5.41 Å². The SMILES string of the molecule is O=C(CO)N1CCN(C(=O)C2(c3cccc(Cl)c3)CC2)CC1. The van der Waals surface area contributed by atoms with E-state index in [1.54, 1.807) is 4.90 Å². The summed E-state index contributed by atoms with van der Waals surface area (Å²) in [5, 5.41) is 9.54. The van der Waals surface area contributed by atoms with Crippen molar-refractivity contribution in [3.63, 3.8) is 0 Å². The van der Waals surface area contributed by atoms with Gasteiger partial charge >= 0.3 is 0 Å². The maximum absolute atomic E-state index is 12.9. The topological polar surface area (TPSA) is 60.9 Å². The van der Waals surface area contributed by atoms with Crippen LogP contribution in [0.5, 0.6) is 0 Å². The average molecular weight is 323 g/mol. The van der Waals surface area contributed by atoms with Crippen LogP contribution in [0.3, 0.4) is 0 Å². The van der Waals surface area contributed by atoms with Crippen LogP contribution in [0, 0.1) is 0 Å². The van der Waals surface area contributed by atoms with Gasteiger partial charge in [-0.2, -0.15) is 0 Å². The van der Waals surface area contributed by atoms with Crippen LogP contribution >= 0.6 is 11.6 Å². The first-order valence-electron chi connectivity index (χ1n) is 7.51. The number of piperazine rings is 1. The normalized spacial score (nSPS) is 19.9. The van der Waals surface area contributed by atoms with Crippen LogP contribution in [0.25, 0.3) is 0 Å². The number of hydrogen-bond donors (Lipinski definition) is 1. The largest absolute Gasteiger partial charge is 0.387 e. The predicted molar refractivity (Wildman–Crippen MR) is 82.6 cm³/mol. The smallest absolute Gasteiger partial charge is 0.248 e. The number of hydrogen-bond acceptors (Lipinski definition) is 3. The summed E-state index contributed by atoms with van der Waals surface area (Å²) in [6.07, 6.45) is 1.70. The highest BCUT2D eigenvalue weighted by molar-refractivity contribution is 6.30. The molecule has 0 radical (unpaired) electrons. The first-order valence-corrected chi connectivity index (χ1v) is 7.89. The molecule has 1 aliphatic carbocycles. The third-order valence-corrected chi connectivity index (χ3v) is 4.83. The second-order valence-corrected chi connectivity index (χ2v) is 6.36. The highest BCUT2D eigenvalue weighted by atomic mass is 35.5. The third kappa shape index (κ3) is 2.71. The highest BCUT2D eigenvalue weighted by Crippen LogP contribution is 2.50. The molecule has 0 spiro atoms. The van der Waals surface area contributed by atoms with Crippen LogP contribution in [0.15, 0.2) is 24.3 Å². The molecule has 1 aliphatic heterocycles. The molecule has 1 saturated carbocycles. The lowest BCUT2D eigenvalue weighted by Gasteiger charge is -2.36. The summed E-state index contributed by atoms with van der Waals surface area (Å²) in [6.45, 7) is 1.54. The van der Waals surface area contributed by atoms with E-state index in [1.165, 1.54) is 0 Å². The van der Waals surface area contributed by atoms with E-state index in [-0.39, 0.29) is 11.8 Å². The summed E-state index contributed by atoms with van der Waals surface area (Å²) in [4.78, 5) is 27.8. The third-order valence-electron chi connectivity index (χ3n) is 4.59. The molecule has 1 N–H and O–H groups in total. The Labute approximate surface area is 134 Å². The van der Waals surface area contributed by atoms with Crippen LogP contribution in [-0.2, 0) is 15.0 Å². The maximum Gasteiger partial charge on any atom is 0.248 e. The highest BCUT2D eigenvalue weighted by Gasteiger charge is 2.53. The van der Waals surface area contributed by atoms with Crippen LogP contribution in [0.2, 0.25) is 5.02 Å². The van der Waals surface area contributed by atoms with Gasteiger partial charge < -0.3 is 14.9 Å². The van der Waals surface area contributed by atoms with Crippen LogP contribution < -0.4 is 0 Å². The van der Waals surface area contributed by atoms with Gasteiger partial charge in [-0.05, 0) is 30.5 Å². The van der Waals surface area contributed by atoms with Gasteiger partial charge in [0.2, 0.25) is 11.8 Å². The van der Waals surface area contributed by atoms with Crippen molar-refractivity contribution in [2.24, 2.45) is 0 Å². The van der Waals surface area contributed by atoms with Gasteiger partial charge in [0, 0.05) is 31.2 Å². The van der Waals surface area contributed by atoms with Gasteiger partial charge in [-0.15, -0.1) is 0 Å². The van der Waals surface area contributed by atoms with E-state index in [0.29, 0.717) is 31.2 Å². The van der Waals surface area contributed by atoms with E-state index in [0.717, 1.165) is 18.4 Å². The lowest BCUT2D eigenvalue weighted by atomic mass is 9.94. The Hall–Kier alpha value is -1.59. The van der Waals surface area contributed by atoms with Crippen molar-refractivity contribution in [1.29, 1.82) is 0 Å². The fourth-order valence-electron chi connectivity index (χ4n) is 3.10. The minimum Gasteiger partial charge on any atom is -0.387 e. The van der Waals surface area contributed by atoms with Gasteiger partial charge in [-0.1, -0.05) is 23.7 Å². The van der Waals surface area contributed by atoms with Crippen molar-refractivity contribution in [1.82, 2.24) is 9.80 Å². The van der Waals surface area contributed by atoms with Crippen LogP contribution in [0.4, 0.5) is 0 Å². The molecule has 1 heterocycles. The zero-order valence-corrected chi connectivity index (χ0v) is 13.1. The molecule has 118 valence electrons. The molecule has 2 amide bonds. The van der Waals surface area contributed by atoms with Crippen LogP contribution in [-0.4, -0.2) is 59.5 Å². The Morgan fingerprint density at radius 3 is 2.32 bits per heavy atom. The molecule has 22 heavy (non-hydrogen) atoms. The second-order valence-electron chi connectivity index (χ2n) is 5.92. The van der Waals surface area contributed by atoms with Crippen molar-refractivity contribution in [2.45, 2.75) is 18.3 Å². The number of aliphatic hydroxyl groups excluding tert-OH is 1. The molecule has 0 unspecified atom stereocenters. The fourth-order valence-corrected chi connectivity index (χ4v) is 3.29. The molecule has 0 bridgehead atoms. The number of carbonyl (C=O) groups is 2. The number of amides is 2. The Bertz CT molecular complexity index is 593. The molecule has 1 saturated heterocycles. The summed E-state index contributed by atoms with van der Waals surface area (Å²) in [6, 6.07) is 7.52. The first-order chi connectivity index (χ1) is 10.6. The molecule has 2 aliphatic rings. The summed E-state index contributed by atoms with van der Waals surface area (Å²) in [7, 11) is 0. The zero-order valence-electron chi connectivity index (χ0n) is 12.3. The van der Waals surface area contributed by atoms with Gasteiger partial charge in [0.1, 0.15) is 6.61 Å². The molecular weight excluding hydrogens is 304 g/mol. The fraction of sp³-hybridized carbons (Fsp3) is 0.500. The Kier molecular flexibility index (Phi) is 4.10. The molecule has 0 atom stereocenters. The van der Waals surface area contributed by atoms with Gasteiger partial charge in [0.15, 0.2) is 0 Å². The number of halogens is 1. The Morgan fingerprint density at radius 2 is 1.77 bits per heavy atom. The van der Waals surface area contributed by atoms with Gasteiger partial charge in [0.25, 0.3) is 0 Å². The average Bonchev–Trinajstić information content (AvgIpc) is 3.35. The second kappa shape index (κ2) is 5.89. The number of benzene rings is 1. The van der Waals surface area contributed by atoms with Crippen LogP contribution in [0.1, 0.15) is 18.4 Å². The van der Waals surface area contributed by atoms with Crippen molar-refractivity contribution in [3.8, 4) is 0 Å². The minimum atomic E-state index is -0.472. The summed E-state index contributed by atoms with van der Waals surface area (Å²) in [5.41, 5.74) is 0.562. The molecule has 0 aromatic heterocycles. The monoisotopic (exact) mass is 322 g/mol. The molecule has 6 heteroatoms. The van der Waals surface area contributed by atoms with E-state index < -0.39 is 12.0 Å². The Balaban J connectivity index is 1.69. The van der Waals surface area contributed by atoms with E-state index in [4.69, 9.17) is 16.7 Å². The summed E-state index contributed by atoms with van der Waals surface area (Å²) >= 11 is 6.05. The number of rotatable bonds is 3. The molecule has 2 fully saturated rings. The molecule has 3 rings (SSSR count). The van der Waals surface area contributed by atoms with E-state index in [1.807, 2.05) is 29.2 Å². The van der Waals surface area contributed by atoms with Crippen molar-refractivity contribution in [2.75, 3.05) is 32.8 Å². The van der Waals surface area contributed by atoms with Crippen molar-refractivity contribution < 1.29 is 14.7 Å². The zero-order chi connectivity index (χ0) is 15.7. The summed E-state index contributed by atoms with van der Waals surface area (Å²) in [5.74, 6) is -0.145. The number of nitrogens with zero attached hydrogens (tertiary/aromatic N) is 2. The van der Waals surface area contributed by atoms with Gasteiger partial charge in [-0.25, -0.2) is 0 Å². The molecular formula is C16H19ClN2O3. The molecule has 1 aromatic rings. The first kappa shape index (κ1) is 15.3. The standard InChI is InChI=1S/C16H19ClN2O3/c17-13-3-1-2-12(10-13)16(4-5-16)15(22)19-8-6-18(7-9-19)14(21)11-20/h1-3,10,20H,4-9,11H2. The molecule has 1 aromatic carbocycles.